The molecule has 0 aliphatic heterocycles. The Morgan fingerprint density at radius 2 is 1.92 bits per heavy atom. The highest BCUT2D eigenvalue weighted by Crippen LogP contribution is 2.23. The molecule has 0 aromatic heterocycles. The Bertz CT molecular complexity index is 584. The van der Waals surface area contributed by atoms with Crippen molar-refractivity contribution in [1.29, 1.82) is 5.26 Å². The smallest absolute Gasteiger partial charge is 0.407 e. The molecule has 0 radical (unpaired) electrons. The number of ether oxygens (including phenoxy) is 2. The SMILES string of the molecule is CC(C)(C)OC(=O)N[C@@H]1CCCC[C@@H]1OCc1ccc(C#N)cc1. The lowest BCUT2D eigenvalue weighted by atomic mass is 9.92. The van der Waals surface area contributed by atoms with Crippen molar-refractivity contribution >= 4 is 6.09 Å². The van der Waals surface area contributed by atoms with E-state index >= 15 is 0 Å². The Balaban J connectivity index is 1.89. The van der Waals surface area contributed by atoms with Gasteiger partial charge in [-0.15, -0.1) is 0 Å². The fraction of sp³-hybridized carbons (Fsp3) is 0.579. The quantitative estimate of drug-likeness (QED) is 0.908. The largest absolute Gasteiger partial charge is 0.444 e. The van der Waals surface area contributed by atoms with Crippen LogP contribution in [0.15, 0.2) is 24.3 Å². The van der Waals surface area contributed by atoms with Crippen molar-refractivity contribution in [3.8, 4) is 6.07 Å². The normalized spacial score (nSPS) is 20.9. The molecule has 0 spiro atoms. The molecule has 1 aromatic rings. The topological polar surface area (TPSA) is 71.3 Å². The average molecular weight is 330 g/mol. The Hall–Kier alpha value is -2.06. The van der Waals surface area contributed by atoms with Gasteiger partial charge < -0.3 is 14.8 Å². The maximum absolute atomic E-state index is 12.0. The third-order valence-electron chi connectivity index (χ3n) is 3.95. The molecule has 0 unspecified atom stereocenters. The Morgan fingerprint density at radius 3 is 2.54 bits per heavy atom. The second kappa shape index (κ2) is 8.16. The van der Waals surface area contributed by atoms with Crippen molar-refractivity contribution in [3.05, 3.63) is 35.4 Å². The second-order valence-corrected chi connectivity index (χ2v) is 7.20. The molecule has 0 heterocycles. The summed E-state index contributed by atoms with van der Waals surface area (Å²) in [5.74, 6) is 0. The number of nitrogens with one attached hydrogen (secondary N) is 1. The van der Waals surface area contributed by atoms with Crippen LogP contribution in [-0.4, -0.2) is 23.8 Å². The predicted octanol–water partition coefficient (Wildman–Crippen LogP) is 3.91. The molecule has 2 atom stereocenters. The molecule has 1 fully saturated rings. The molecule has 2 rings (SSSR count). The molecule has 5 nitrogen and oxygen atoms in total. The molecule has 5 heteroatoms. The van der Waals surface area contributed by atoms with E-state index in [4.69, 9.17) is 14.7 Å². The Morgan fingerprint density at radius 1 is 1.25 bits per heavy atom. The second-order valence-electron chi connectivity index (χ2n) is 7.20. The van der Waals surface area contributed by atoms with Gasteiger partial charge in [0.1, 0.15) is 5.60 Å². The number of alkyl carbamates (subject to hydrolysis) is 1. The van der Waals surface area contributed by atoms with Crippen molar-refractivity contribution < 1.29 is 14.3 Å². The van der Waals surface area contributed by atoms with E-state index in [1.807, 2.05) is 32.9 Å². The van der Waals surface area contributed by atoms with Gasteiger partial charge in [-0.1, -0.05) is 25.0 Å². The number of nitriles is 1. The Labute approximate surface area is 144 Å². The number of hydrogen-bond donors (Lipinski definition) is 1. The van der Waals surface area contributed by atoms with Crippen molar-refractivity contribution in [2.45, 2.75) is 70.8 Å². The van der Waals surface area contributed by atoms with Gasteiger partial charge >= 0.3 is 6.09 Å². The summed E-state index contributed by atoms with van der Waals surface area (Å²) >= 11 is 0. The fourth-order valence-corrected chi connectivity index (χ4v) is 2.80. The molecule has 1 N–H and O–H groups in total. The minimum atomic E-state index is -0.502. The van der Waals surface area contributed by atoms with Crippen LogP contribution in [-0.2, 0) is 16.1 Å². The zero-order valence-electron chi connectivity index (χ0n) is 14.7. The van der Waals surface area contributed by atoms with Crippen molar-refractivity contribution in [2.75, 3.05) is 0 Å². The van der Waals surface area contributed by atoms with E-state index in [1.54, 1.807) is 12.1 Å². The summed E-state index contributed by atoms with van der Waals surface area (Å²) in [5, 5.41) is 11.8. The summed E-state index contributed by atoms with van der Waals surface area (Å²) in [4.78, 5) is 12.0. The van der Waals surface area contributed by atoms with Crippen LogP contribution in [0.5, 0.6) is 0 Å². The van der Waals surface area contributed by atoms with E-state index < -0.39 is 5.60 Å². The van der Waals surface area contributed by atoms with Crippen molar-refractivity contribution in [2.24, 2.45) is 0 Å². The van der Waals surface area contributed by atoms with Gasteiger partial charge in [0.05, 0.1) is 30.4 Å². The van der Waals surface area contributed by atoms with E-state index in [0.717, 1.165) is 31.2 Å². The summed E-state index contributed by atoms with van der Waals surface area (Å²) in [7, 11) is 0. The first kappa shape index (κ1) is 18.3. The lowest BCUT2D eigenvalue weighted by Crippen LogP contribution is -2.47. The van der Waals surface area contributed by atoms with Crippen LogP contribution in [0.25, 0.3) is 0 Å². The zero-order chi connectivity index (χ0) is 17.6. The number of nitrogens with zero attached hydrogens (tertiary/aromatic N) is 1. The highest BCUT2D eigenvalue weighted by molar-refractivity contribution is 5.68. The maximum Gasteiger partial charge on any atom is 0.407 e. The number of rotatable bonds is 4. The first-order valence-electron chi connectivity index (χ1n) is 8.47. The highest BCUT2D eigenvalue weighted by Gasteiger charge is 2.29. The molecule has 1 aliphatic carbocycles. The molecular weight excluding hydrogens is 304 g/mol. The van der Waals surface area contributed by atoms with Gasteiger partial charge in [0, 0.05) is 0 Å². The summed E-state index contributed by atoms with van der Waals surface area (Å²) < 4.78 is 11.4. The first-order chi connectivity index (χ1) is 11.4. The minimum Gasteiger partial charge on any atom is -0.444 e. The Kier molecular flexibility index (Phi) is 6.22. The van der Waals surface area contributed by atoms with Crippen molar-refractivity contribution in [3.63, 3.8) is 0 Å². The van der Waals surface area contributed by atoms with Gasteiger partial charge in [-0.05, 0) is 51.3 Å². The number of carbonyl (C=O) groups excluding carboxylic acids is 1. The summed E-state index contributed by atoms with van der Waals surface area (Å²) in [6.07, 6.45) is 3.61. The van der Waals surface area contributed by atoms with Crippen LogP contribution < -0.4 is 5.32 Å². The molecule has 1 amide bonds. The number of hydrogen-bond acceptors (Lipinski definition) is 4. The predicted molar refractivity (Wildman–Crippen MR) is 91.4 cm³/mol. The lowest BCUT2D eigenvalue weighted by Gasteiger charge is -2.32. The number of carbonyl (C=O) groups is 1. The standard InChI is InChI=1S/C19H26N2O3/c1-19(2,3)24-18(22)21-16-6-4-5-7-17(16)23-13-15-10-8-14(12-20)9-11-15/h8-11,16-17H,4-7,13H2,1-3H3,(H,21,22)/t16-,17+/m1/s1. The van der Waals surface area contributed by atoms with Gasteiger partial charge in [0.15, 0.2) is 0 Å². The van der Waals surface area contributed by atoms with Crippen LogP contribution in [0.2, 0.25) is 0 Å². The van der Waals surface area contributed by atoms with Crippen LogP contribution in [0.4, 0.5) is 4.79 Å². The van der Waals surface area contributed by atoms with Crippen LogP contribution in [0.3, 0.4) is 0 Å². The van der Waals surface area contributed by atoms with Gasteiger partial charge in [0.25, 0.3) is 0 Å². The highest BCUT2D eigenvalue weighted by atomic mass is 16.6. The molecular formula is C19H26N2O3. The molecule has 130 valence electrons. The molecule has 1 aromatic carbocycles. The van der Waals surface area contributed by atoms with E-state index in [9.17, 15) is 4.79 Å². The average Bonchev–Trinajstić information content (AvgIpc) is 2.53. The molecule has 0 saturated heterocycles. The molecule has 1 aliphatic rings. The number of amides is 1. The summed E-state index contributed by atoms with van der Waals surface area (Å²) in [6, 6.07) is 9.46. The van der Waals surface area contributed by atoms with Gasteiger partial charge in [-0.2, -0.15) is 5.26 Å². The van der Waals surface area contributed by atoms with Crippen LogP contribution >= 0.6 is 0 Å². The van der Waals surface area contributed by atoms with E-state index in [1.165, 1.54) is 0 Å². The lowest BCUT2D eigenvalue weighted by molar-refractivity contribution is -0.0113. The van der Waals surface area contributed by atoms with Crippen molar-refractivity contribution in [1.82, 2.24) is 5.32 Å². The minimum absolute atomic E-state index is 0.0121. The molecule has 0 bridgehead atoms. The third kappa shape index (κ3) is 5.86. The molecule has 1 saturated carbocycles. The molecule has 24 heavy (non-hydrogen) atoms. The third-order valence-corrected chi connectivity index (χ3v) is 3.95. The van der Waals surface area contributed by atoms with Crippen LogP contribution in [0.1, 0.15) is 57.6 Å². The monoisotopic (exact) mass is 330 g/mol. The van der Waals surface area contributed by atoms with E-state index in [-0.39, 0.29) is 18.2 Å². The van der Waals surface area contributed by atoms with Gasteiger partial charge in [0.2, 0.25) is 0 Å². The summed E-state index contributed by atoms with van der Waals surface area (Å²) in [6.45, 7) is 6.04. The van der Waals surface area contributed by atoms with Crippen LogP contribution in [0, 0.1) is 11.3 Å². The fourth-order valence-electron chi connectivity index (χ4n) is 2.80. The number of benzene rings is 1. The zero-order valence-corrected chi connectivity index (χ0v) is 14.7. The first-order valence-corrected chi connectivity index (χ1v) is 8.47. The van der Waals surface area contributed by atoms with E-state index in [2.05, 4.69) is 11.4 Å². The maximum atomic E-state index is 12.0. The van der Waals surface area contributed by atoms with Gasteiger partial charge in [-0.3, -0.25) is 0 Å². The summed E-state index contributed by atoms with van der Waals surface area (Å²) in [5.41, 5.74) is 1.16. The van der Waals surface area contributed by atoms with E-state index in [0.29, 0.717) is 12.2 Å². The van der Waals surface area contributed by atoms with Gasteiger partial charge in [-0.25, -0.2) is 4.79 Å².